The molecule has 0 aromatic rings. The maximum absolute atomic E-state index is 2.47. The van der Waals surface area contributed by atoms with Crippen LogP contribution in [-0.4, -0.2) is 0 Å². The highest BCUT2D eigenvalue weighted by Gasteiger charge is 2.48. The first-order chi connectivity index (χ1) is 7.91. The number of rotatable bonds is 1. The summed E-state index contributed by atoms with van der Waals surface area (Å²) in [6.45, 7) is 16.7. The minimum Gasteiger partial charge on any atom is -0.0661 e. The van der Waals surface area contributed by atoms with E-state index in [0.717, 1.165) is 29.6 Å². The van der Waals surface area contributed by atoms with Crippen molar-refractivity contribution in [3.8, 4) is 0 Å². The topological polar surface area (TPSA) is 0 Å². The zero-order chi connectivity index (χ0) is 12.9. The highest BCUT2D eigenvalue weighted by Crippen LogP contribution is 2.56. The van der Waals surface area contributed by atoms with Crippen LogP contribution in [0.25, 0.3) is 0 Å². The van der Waals surface area contributed by atoms with Crippen LogP contribution in [0.2, 0.25) is 0 Å². The van der Waals surface area contributed by atoms with E-state index in [1.807, 2.05) is 0 Å². The van der Waals surface area contributed by atoms with Gasteiger partial charge < -0.3 is 0 Å². The van der Waals surface area contributed by atoms with E-state index in [0.29, 0.717) is 0 Å². The summed E-state index contributed by atoms with van der Waals surface area (Å²) in [5.41, 5.74) is 6.50. The Hall–Kier alpha value is -0.520. The fourth-order valence-electron chi connectivity index (χ4n) is 4.61. The quantitative estimate of drug-likeness (QED) is 0.581. The molecule has 1 fully saturated rings. The van der Waals surface area contributed by atoms with Crippen molar-refractivity contribution in [2.45, 2.75) is 54.9 Å². The normalized spacial score (nSPS) is 42.2. The molecule has 0 bridgehead atoms. The third-order valence-electron chi connectivity index (χ3n) is 6.14. The fraction of sp³-hybridized carbons (Fsp3) is 0.765. The highest BCUT2D eigenvalue weighted by molar-refractivity contribution is 5.43. The standard InChI is InChI=1S/C17H28/c1-8-15-11(4)14(7)16-12(5)9(2)10(3)13(6)17(15)16/h11,14-17H,8H2,1-7H3/t11?,14-,15?,16-,17?/m0/s1. The van der Waals surface area contributed by atoms with E-state index in [2.05, 4.69) is 48.5 Å². The zero-order valence-electron chi connectivity index (χ0n) is 12.6. The van der Waals surface area contributed by atoms with Gasteiger partial charge in [0.15, 0.2) is 0 Å². The van der Waals surface area contributed by atoms with Gasteiger partial charge in [-0.3, -0.25) is 0 Å². The number of fused-ring (bicyclic) bond motifs is 1. The van der Waals surface area contributed by atoms with Crippen molar-refractivity contribution in [2.24, 2.45) is 29.6 Å². The molecule has 0 aliphatic heterocycles. The summed E-state index contributed by atoms with van der Waals surface area (Å²) < 4.78 is 0. The Balaban J connectivity index is 2.52. The van der Waals surface area contributed by atoms with Gasteiger partial charge in [0.05, 0.1) is 0 Å². The Bertz CT molecular complexity index is 383. The van der Waals surface area contributed by atoms with Gasteiger partial charge in [0.2, 0.25) is 0 Å². The van der Waals surface area contributed by atoms with E-state index in [4.69, 9.17) is 0 Å². The van der Waals surface area contributed by atoms with Crippen LogP contribution < -0.4 is 0 Å². The SMILES string of the molecule is CCC1C2C(C)=C(C)C(C)=C(C)[C@H]2[C@@H](C)C1C. The zero-order valence-corrected chi connectivity index (χ0v) is 12.6. The first kappa shape index (κ1) is 12.9. The molecule has 0 heteroatoms. The van der Waals surface area contributed by atoms with Gasteiger partial charge in [-0.15, -0.1) is 0 Å². The van der Waals surface area contributed by atoms with Crippen molar-refractivity contribution >= 4 is 0 Å². The van der Waals surface area contributed by atoms with E-state index < -0.39 is 0 Å². The Labute approximate surface area is 107 Å². The molecule has 1 saturated carbocycles. The van der Waals surface area contributed by atoms with Crippen molar-refractivity contribution in [3.63, 3.8) is 0 Å². The van der Waals surface area contributed by atoms with Crippen molar-refractivity contribution in [2.75, 3.05) is 0 Å². The van der Waals surface area contributed by atoms with E-state index in [-0.39, 0.29) is 0 Å². The van der Waals surface area contributed by atoms with Crippen molar-refractivity contribution < 1.29 is 0 Å². The van der Waals surface area contributed by atoms with Gasteiger partial charge in [0.25, 0.3) is 0 Å². The van der Waals surface area contributed by atoms with Gasteiger partial charge in [-0.1, -0.05) is 38.3 Å². The van der Waals surface area contributed by atoms with Crippen LogP contribution in [0, 0.1) is 29.6 Å². The number of hydrogen-bond donors (Lipinski definition) is 0. The predicted molar refractivity (Wildman–Crippen MR) is 75.8 cm³/mol. The molecule has 2 aliphatic rings. The first-order valence-electron chi connectivity index (χ1n) is 7.26. The van der Waals surface area contributed by atoms with Gasteiger partial charge in [0, 0.05) is 0 Å². The minimum atomic E-state index is 0.818. The average molecular weight is 232 g/mol. The van der Waals surface area contributed by atoms with E-state index >= 15 is 0 Å². The van der Waals surface area contributed by atoms with E-state index in [1.54, 1.807) is 22.3 Å². The predicted octanol–water partition coefficient (Wildman–Crippen LogP) is 5.22. The second-order valence-corrected chi connectivity index (χ2v) is 6.46. The maximum Gasteiger partial charge on any atom is -0.0101 e. The molecule has 0 N–H and O–H groups in total. The molecule has 2 aliphatic carbocycles. The van der Waals surface area contributed by atoms with Crippen LogP contribution in [0.4, 0.5) is 0 Å². The minimum absolute atomic E-state index is 0.818. The maximum atomic E-state index is 2.47. The van der Waals surface area contributed by atoms with Crippen LogP contribution in [0.1, 0.15) is 54.9 Å². The lowest BCUT2D eigenvalue weighted by atomic mass is 9.70. The molecule has 0 spiro atoms. The molecule has 0 aromatic carbocycles. The molecule has 0 amide bonds. The molecule has 96 valence electrons. The van der Waals surface area contributed by atoms with E-state index in [1.165, 1.54) is 6.42 Å². The molecular weight excluding hydrogens is 204 g/mol. The molecule has 0 radical (unpaired) electrons. The van der Waals surface area contributed by atoms with Crippen LogP contribution >= 0.6 is 0 Å². The van der Waals surface area contributed by atoms with Crippen LogP contribution in [0.5, 0.6) is 0 Å². The Morgan fingerprint density at radius 1 is 0.765 bits per heavy atom. The first-order valence-corrected chi connectivity index (χ1v) is 7.26. The van der Waals surface area contributed by atoms with Crippen molar-refractivity contribution in [3.05, 3.63) is 22.3 Å². The van der Waals surface area contributed by atoms with Crippen molar-refractivity contribution in [1.82, 2.24) is 0 Å². The largest absolute Gasteiger partial charge is 0.0661 e. The van der Waals surface area contributed by atoms with Gasteiger partial charge in [0.1, 0.15) is 0 Å². The van der Waals surface area contributed by atoms with Crippen LogP contribution in [0.15, 0.2) is 22.3 Å². The monoisotopic (exact) mass is 232 g/mol. The molecule has 0 saturated heterocycles. The Morgan fingerprint density at radius 2 is 1.24 bits per heavy atom. The molecule has 2 rings (SSSR count). The molecule has 5 atom stereocenters. The van der Waals surface area contributed by atoms with Crippen molar-refractivity contribution in [1.29, 1.82) is 0 Å². The van der Waals surface area contributed by atoms with Crippen LogP contribution in [-0.2, 0) is 0 Å². The number of allylic oxidation sites excluding steroid dienone is 4. The van der Waals surface area contributed by atoms with Crippen LogP contribution in [0.3, 0.4) is 0 Å². The van der Waals surface area contributed by atoms with Gasteiger partial charge >= 0.3 is 0 Å². The summed E-state index contributed by atoms with van der Waals surface area (Å²) in [5.74, 6) is 4.27. The summed E-state index contributed by atoms with van der Waals surface area (Å²) in [6, 6.07) is 0. The van der Waals surface area contributed by atoms with Gasteiger partial charge in [-0.05, 0) is 68.4 Å². The second kappa shape index (κ2) is 4.30. The summed E-state index contributed by atoms with van der Waals surface area (Å²) >= 11 is 0. The Kier molecular flexibility index (Phi) is 3.27. The highest BCUT2D eigenvalue weighted by atomic mass is 14.5. The Morgan fingerprint density at radius 3 is 1.71 bits per heavy atom. The fourth-order valence-corrected chi connectivity index (χ4v) is 4.61. The third kappa shape index (κ3) is 1.63. The second-order valence-electron chi connectivity index (χ2n) is 6.46. The molecule has 17 heavy (non-hydrogen) atoms. The lowest BCUT2D eigenvalue weighted by Gasteiger charge is -2.35. The molecule has 0 heterocycles. The van der Waals surface area contributed by atoms with Gasteiger partial charge in [-0.25, -0.2) is 0 Å². The molecular formula is C17H28. The lowest BCUT2D eigenvalue weighted by Crippen LogP contribution is -2.24. The third-order valence-corrected chi connectivity index (χ3v) is 6.14. The van der Waals surface area contributed by atoms with E-state index in [9.17, 15) is 0 Å². The molecule has 0 nitrogen and oxygen atoms in total. The number of hydrogen-bond acceptors (Lipinski definition) is 0. The summed E-state index contributed by atoms with van der Waals surface area (Å²) in [4.78, 5) is 0. The lowest BCUT2D eigenvalue weighted by molar-refractivity contribution is 0.320. The summed E-state index contributed by atoms with van der Waals surface area (Å²) in [5, 5.41) is 0. The summed E-state index contributed by atoms with van der Waals surface area (Å²) in [7, 11) is 0. The molecule has 3 unspecified atom stereocenters. The average Bonchev–Trinajstić information content (AvgIpc) is 2.57. The van der Waals surface area contributed by atoms with Gasteiger partial charge in [-0.2, -0.15) is 0 Å². The summed E-state index contributed by atoms with van der Waals surface area (Å²) in [6.07, 6.45) is 1.34. The smallest absolute Gasteiger partial charge is 0.0101 e. The molecule has 0 aromatic heterocycles.